The Morgan fingerprint density at radius 1 is 1.36 bits per heavy atom. The lowest BCUT2D eigenvalue weighted by Gasteiger charge is -2.03. The van der Waals surface area contributed by atoms with E-state index in [1.54, 1.807) is 5.57 Å². The Morgan fingerprint density at radius 2 is 2.00 bits per heavy atom. The molecule has 0 spiro atoms. The van der Waals surface area contributed by atoms with E-state index in [4.69, 9.17) is 0 Å². The molecule has 11 heavy (non-hydrogen) atoms. The molecule has 0 saturated heterocycles. The highest BCUT2D eigenvalue weighted by Gasteiger charge is 1.94. The van der Waals surface area contributed by atoms with Crippen molar-refractivity contribution in [1.82, 2.24) is 0 Å². The molecule has 0 aromatic heterocycles. The van der Waals surface area contributed by atoms with Gasteiger partial charge in [-0.15, -0.1) is 0 Å². The standard InChI is InChI=1S/C11H22/c1-5-7-11(4)9-6-8-10(2)3/h7,10H,5-6,8-9H2,1-4H3. The highest BCUT2D eigenvalue weighted by molar-refractivity contribution is 4.96. The summed E-state index contributed by atoms with van der Waals surface area (Å²) < 4.78 is 0. The van der Waals surface area contributed by atoms with E-state index in [0.29, 0.717) is 0 Å². The van der Waals surface area contributed by atoms with Gasteiger partial charge in [0.05, 0.1) is 0 Å². The molecule has 0 unspecified atom stereocenters. The first-order valence-electron chi connectivity index (χ1n) is 4.82. The number of rotatable bonds is 5. The molecule has 0 heteroatoms. The predicted octanol–water partition coefficient (Wildman–Crippen LogP) is 4.17. The molecule has 0 aliphatic carbocycles. The van der Waals surface area contributed by atoms with E-state index in [1.807, 2.05) is 0 Å². The molecule has 0 N–H and O–H groups in total. The Labute approximate surface area is 71.7 Å². The zero-order chi connectivity index (χ0) is 8.69. The van der Waals surface area contributed by atoms with Crippen LogP contribution in [-0.2, 0) is 0 Å². The van der Waals surface area contributed by atoms with E-state index >= 15 is 0 Å². The van der Waals surface area contributed by atoms with Crippen molar-refractivity contribution < 1.29 is 0 Å². The average molecular weight is 154 g/mol. The molecular weight excluding hydrogens is 132 g/mol. The van der Waals surface area contributed by atoms with Crippen molar-refractivity contribution in [2.75, 3.05) is 0 Å². The second-order valence-corrected chi connectivity index (χ2v) is 3.74. The Balaban J connectivity index is 3.31. The normalized spacial score (nSPS) is 12.6. The van der Waals surface area contributed by atoms with Gasteiger partial charge < -0.3 is 0 Å². The molecule has 0 aliphatic rings. The summed E-state index contributed by atoms with van der Waals surface area (Å²) in [6, 6.07) is 0. The number of allylic oxidation sites excluding steroid dienone is 2. The highest BCUT2D eigenvalue weighted by atomic mass is 14.0. The van der Waals surface area contributed by atoms with E-state index in [2.05, 4.69) is 33.8 Å². The van der Waals surface area contributed by atoms with Gasteiger partial charge in [0.1, 0.15) is 0 Å². The Kier molecular flexibility index (Phi) is 6.30. The maximum Gasteiger partial charge on any atom is -0.0323 e. The molecule has 0 atom stereocenters. The van der Waals surface area contributed by atoms with Crippen molar-refractivity contribution in [3.05, 3.63) is 11.6 Å². The van der Waals surface area contributed by atoms with Gasteiger partial charge in [-0.25, -0.2) is 0 Å². The summed E-state index contributed by atoms with van der Waals surface area (Å²) in [7, 11) is 0. The summed E-state index contributed by atoms with van der Waals surface area (Å²) in [6.07, 6.45) is 7.55. The van der Waals surface area contributed by atoms with E-state index in [-0.39, 0.29) is 0 Å². The predicted molar refractivity (Wildman–Crippen MR) is 52.7 cm³/mol. The second-order valence-electron chi connectivity index (χ2n) is 3.74. The molecule has 0 aliphatic heterocycles. The molecule has 0 radical (unpaired) electrons. The summed E-state index contributed by atoms with van der Waals surface area (Å²) in [5.74, 6) is 0.865. The van der Waals surface area contributed by atoms with Crippen LogP contribution in [0.2, 0.25) is 0 Å². The topological polar surface area (TPSA) is 0 Å². The first-order chi connectivity index (χ1) is 5.16. The Morgan fingerprint density at radius 3 is 2.45 bits per heavy atom. The van der Waals surface area contributed by atoms with Crippen LogP contribution in [0.4, 0.5) is 0 Å². The van der Waals surface area contributed by atoms with Crippen LogP contribution >= 0.6 is 0 Å². The van der Waals surface area contributed by atoms with Crippen LogP contribution in [0.3, 0.4) is 0 Å². The van der Waals surface area contributed by atoms with Gasteiger partial charge in [0.2, 0.25) is 0 Å². The van der Waals surface area contributed by atoms with Gasteiger partial charge in [0, 0.05) is 0 Å². The first kappa shape index (κ1) is 10.7. The number of hydrogen-bond acceptors (Lipinski definition) is 0. The third-order valence-electron chi connectivity index (χ3n) is 1.91. The molecule has 0 bridgehead atoms. The van der Waals surface area contributed by atoms with Crippen LogP contribution in [0, 0.1) is 5.92 Å². The minimum absolute atomic E-state index is 0.865. The van der Waals surface area contributed by atoms with Crippen molar-refractivity contribution in [2.24, 2.45) is 5.92 Å². The van der Waals surface area contributed by atoms with Crippen molar-refractivity contribution >= 4 is 0 Å². The van der Waals surface area contributed by atoms with Crippen LogP contribution in [0.15, 0.2) is 11.6 Å². The molecule has 0 rings (SSSR count). The van der Waals surface area contributed by atoms with Crippen LogP contribution in [0.5, 0.6) is 0 Å². The quantitative estimate of drug-likeness (QED) is 0.521. The van der Waals surface area contributed by atoms with E-state index in [1.165, 1.54) is 25.7 Å². The van der Waals surface area contributed by atoms with E-state index in [0.717, 1.165) is 5.92 Å². The summed E-state index contributed by atoms with van der Waals surface area (Å²) in [6.45, 7) is 9.02. The lowest BCUT2D eigenvalue weighted by molar-refractivity contribution is 0.554. The molecule has 0 amide bonds. The maximum atomic E-state index is 2.33. The van der Waals surface area contributed by atoms with Gasteiger partial charge in [-0.1, -0.05) is 38.8 Å². The van der Waals surface area contributed by atoms with Gasteiger partial charge >= 0.3 is 0 Å². The molecule has 0 saturated carbocycles. The van der Waals surface area contributed by atoms with Gasteiger partial charge in [0.15, 0.2) is 0 Å². The zero-order valence-corrected chi connectivity index (χ0v) is 8.48. The third-order valence-corrected chi connectivity index (χ3v) is 1.91. The van der Waals surface area contributed by atoms with Gasteiger partial charge in [-0.05, 0) is 32.1 Å². The lowest BCUT2D eigenvalue weighted by Crippen LogP contribution is -1.87. The molecule has 66 valence electrons. The van der Waals surface area contributed by atoms with Gasteiger partial charge in [-0.3, -0.25) is 0 Å². The lowest BCUT2D eigenvalue weighted by atomic mass is 10.0. The largest absolute Gasteiger partial charge is 0.0859 e. The minimum atomic E-state index is 0.865. The monoisotopic (exact) mass is 154 g/mol. The smallest absolute Gasteiger partial charge is 0.0323 e. The average Bonchev–Trinajstić information content (AvgIpc) is 1.87. The summed E-state index contributed by atoms with van der Waals surface area (Å²) in [4.78, 5) is 0. The minimum Gasteiger partial charge on any atom is -0.0859 e. The number of hydrogen-bond donors (Lipinski definition) is 0. The fraction of sp³-hybridized carbons (Fsp3) is 0.818. The first-order valence-corrected chi connectivity index (χ1v) is 4.82. The second kappa shape index (κ2) is 6.45. The fourth-order valence-corrected chi connectivity index (χ4v) is 1.24. The van der Waals surface area contributed by atoms with Crippen molar-refractivity contribution in [3.8, 4) is 0 Å². The third kappa shape index (κ3) is 7.64. The zero-order valence-electron chi connectivity index (χ0n) is 8.48. The summed E-state index contributed by atoms with van der Waals surface area (Å²) in [5.41, 5.74) is 1.56. The van der Waals surface area contributed by atoms with Crippen molar-refractivity contribution in [1.29, 1.82) is 0 Å². The van der Waals surface area contributed by atoms with Crippen LogP contribution in [-0.4, -0.2) is 0 Å². The van der Waals surface area contributed by atoms with Gasteiger partial charge in [-0.2, -0.15) is 0 Å². The molecule has 0 fully saturated rings. The van der Waals surface area contributed by atoms with Gasteiger partial charge in [0.25, 0.3) is 0 Å². The SMILES string of the molecule is CCC=C(C)CCCC(C)C. The van der Waals surface area contributed by atoms with Crippen LogP contribution in [0.25, 0.3) is 0 Å². The molecule has 0 nitrogen and oxygen atoms in total. The summed E-state index contributed by atoms with van der Waals surface area (Å²) >= 11 is 0. The Hall–Kier alpha value is -0.260. The molecule has 0 aromatic rings. The fourth-order valence-electron chi connectivity index (χ4n) is 1.24. The van der Waals surface area contributed by atoms with Crippen LogP contribution < -0.4 is 0 Å². The molecular formula is C11H22. The van der Waals surface area contributed by atoms with E-state index in [9.17, 15) is 0 Å². The molecule has 0 aromatic carbocycles. The summed E-state index contributed by atoms with van der Waals surface area (Å²) in [5, 5.41) is 0. The molecule has 0 heterocycles. The maximum absolute atomic E-state index is 2.33. The van der Waals surface area contributed by atoms with Crippen molar-refractivity contribution in [3.63, 3.8) is 0 Å². The Bertz CT molecular complexity index is 109. The van der Waals surface area contributed by atoms with Crippen molar-refractivity contribution in [2.45, 2.75) is 53.4 Å². The van der Waals surface area contributed by atoms with Crippen LogP contribution in [0.1, 0.15) is 53.4 Å². The highest BCUT2D eigenvalue weighted by Crippen LogP contribution is 2.11. The van der Waals surface area contributed by atoms with E-state index < -0.39 is 0 Å².